The topological polar surface area (TPSA) is 87.5 Å². The summed E-state index contributed by atoms with van der Waals surface area (Å²) in [4.78, 5) is 32.7. The van der Waals surface area contributed by atoms with Gasteiger partial charge in [0.1, 0.15) is 0 Å². The van der Waals surface area contributed by atoms with Gasteiger partial charge in [0.15, 0.2) is 0 Å². The molecule has 0 radical (unpaired) electrons. The highest BCUT2D eigenvalue weighted by Gasteiger charge is 2.54. The van der Waals surface area contributed by atoms with Gasteiger partial charge >= 0.3 is 0 Å². The maximum absolute atomic E-state index is 13.3. The first-order chi connectivity index (χ1) is 16.0. The van der Waals surface area contributed by atoms with Crippen molar-refractivity contribution in [2.45, 2.75) is 31.6 Å². The summed E-state index contributed by atoms with van der Waals surface area (Å²) >= 11 is 0. The summed E-state index contributed by atoms with van der Waals surface area (Å²) in [5.74, 6) is -0.362. The van der Waals surface area contributed by atoms with Crippen LogP contribution in [0.1, 0.15) is 30.3 Å². The van der Waals surface area contributed by atoms with E-state index in [2.05, 4.69) is 10.3 Å². The average molecular weight is 445 g/mol. The van der Waals surface area contributed by atoms with Crippen LogP contribution in [0.5, 0.6) is 0 Å². The molecule has 0 spiro atoms. The summed E-state index contributed by atoms with van der Waals surface area (Å²) in [7, 11) is 1.92. The fraction of sp³-hybridized carbons (Fsp3) is 0.346. The van der Waals surface area contributed by atoms with Crippen LogP contribution in [0.15, 0.2) is 71.8 Å². The maximum Gasteiger partial charge on any atom is 0.258 e. The SMILES string of the molecule is C[C@H](NC(=O)[C@H]1[C@H](CO)[C@H]2Cn3c(ccc(-c4ccncc4)c3=O)[C@H]2N1C)c1ccccc1. The summed E-state index contributed by atoms with van der Waals surface area (Å²) < 4.78 is 1.81. The number of carbonyl (C=O) groups excluding carboxylic acids is 1. The van der Waals surface area contributed by atoms with Crippen molar-refractivity contribution in [2.75, 3.05) is 13.7 Å². The molecule has 7 nitrogen and oxygen atoms in total. The van der Waals surface area contributed by atoms with E-state index in [0.29, 0.717) is 12.1 Å². The molecule has 1 fully saturated rings. The molecule has 3 aromatic rings. The zero-order valence-corrected chi connectivity index (χ0v) is 18.8. The molecule has 1 aromatic carbocycles. The maximum atomic E-state index is 13.3. The predicted octanol–water partition coefficient (Wildman–Crippen LogP) is 2.38. The molecule has 0 aliphatic carbocycles. The van der Waals surface area contributed by atoms with E-state index in [1.54, 1.807) is 12.4 Å². The lowest BCUT2D eigenvalue weighted by atomic mass is 9.88. The fourth-order valence-electron chi connectivity index (χ4n) is 5.65. The molecule has 7 heteroatoms. The van der Waals surface area contributed by atoms with Crippen molar-refractivity contribution in [3.05, 3.63) is 88.6 Å². The number of nitrogens with zero attached hydrogens (tertiary/aromatic N) is 3. The van der Waals surface area contributed by atoms with Gasteiger partial charge in [-0.05, 0) is 49.4 Å². The Kier molecular flexibility index (Phi) is 5.60. The van der Waals surface area contributed by atoms with Crippen molar-refractivity contribution >= 4 is 5.91 Å². The van der Waals surface area contributed by atoms with Crippen LogP contribution in [-0.2, 0) is 11.3 Å². The minimum absolute atomic E-state index is 0.0110. The molecule has 0 unspecified atom stereocenters. The molecule has 2 N–H and O–H groups in total. The first kappa shape index (κ1) is 21.6. The molecule has 5 atom stereocenters. The second-order valence-electron chi connectivity index (χ2n) is 9.03. The van der Waals surface area contributed by atoms with Gasteiger partial charge in [-0.2, -0.15) is 0 Å². The van der Waals surface area contributed by atoms with E-state index in [0.717, 1.165) is 16.8 Å². The van der Waals surface area contributed by atoms with E-state index < -0.39 is 6.04 Å². The number of aliphatic hydroxyl groups is 1. The van der Waals surface area contributed by atoms with Crippen molar-refractivity contribution in [3.63, 3.8) is 0 Å². The Hall–Kier alpha value is -3.29. The van der Waals surface area contributed by atoms with Crippen LogP contribution in [0.25, 0.3) is 11.1 Å². The van der Waals surface area contributed by atoms with E-state index in [9.17, 15) is 14.7 Å². The molecule has 5 rings (SSSR count). The van der Waals surface area contributed by atoms with Crippen LogP contribution in [0.4, 0.5) is 0 Å². The first-order valence-corrected chi connectivity index (χ1v) is 11.3. The minimum atomic E-state index is -0.458. The average Bonchev–Trinajstić information content (AvgIpc) is 3.35. The second kappa shape index (κ2) is 8.57. The Balaban J connectivity index is 1.43. The Morgan fingerprint density at radius 1 is 1.15 bits per heavy atom. The van der Waals surface area contributed by atoms with E-state index in [-0.39, 0.29) is 42.0 Å². The molecule has 2 aliphatic rings. The molecule has 2 aromatic heterocycles. The number of aromatic nitrogens is 2. The first-order valence-electron chi connectivity index (χ1n) is 11.3. The van der Waals surface area contributed by atoms with Crippen molar-refractivity contribution in [1.29, 1.82) is 0 Å². The third-order valence-electron chi connectivity index (χ3n) is 7.27. The van der Waals surface area contributed by atoms with Crippen LogP contribution in [0, 0.1) is 11.8 Å². The van der Waals surface area contributed by atoms with Gasteiger partial charge in [-0.1, -0.05) is 30.3 Å². The van der Waals surface area contributed by atoms with Gasteiger partial charge in [0.2, 0.25) is 5.91 Å². The standard InChI is InChI=1S/C26H28N4O3/c1-16(17-6-4-3-5-7-17)28-25(32)24-21(15-31)20-14-30-22(23(20)29(24)2)9-8-19(26(30)33)18-10-12-27-13-11-18/h3-13,16,20-21,23-24,31H,14-15H2,1-2H3,(H,28,32)/t16-,20+,21+,23-,24+/m0/s1. The van der Waals surface area contributed by atoms with Crippen LogP contribution in [0.3, 0.4) is 0 Å². The summed E-state index contributed by atoms with van der Waals surface area (Å²) in [6.07, 6.45) is 3.35. The van der Waals surface area contributed by atoms with Gasteiger partial charge in [-0.15, -0.1) is 0 Å². The van der Waals surface area contributed by atoms with Crippen LogP contribution in [0.2, 0.25) is 0 Å². The molecule has 33 heavy (non-hydrogen) atoms. The smallest absolute Gasteiger partial charge is 0.258 e. The molecule has 0 saturated carbocycles. The number of aliphatic hydroxyl groups excluding tert-OH is 1. The van der Waals surface area contributed by atoms with Gasteiger partial charge in [0, 0.05) is 48.6 Å². The quantitative estimate of drug-likeness (QED) is 0.631. The van der Waals surface area contributed by atoms with Gasteiger partial charge in [-0.3, -0.25) is 19.5 Å². The zero-order chi connectivity index (χ0) is 23.1. The van der Waals surface area contributed by atoms with Gasteiger partial charge in [0.25, 0.3) is 5.56 Å². The van der Waals surface area contributed by atoms with Gasteiger partial charge < -0.3 is 15.0 Å². The van der Waals surface area contributed by atoms with Gasteiger partial charge in [-0.25, -0.2) is 0 Å². The number of likely N-dealkylation sites (tertiary alicyclic amines) is 1. The van der Waals surface area contributed by atoms with E-state index >= 15 is 0 Å². The Labute approximate surface area is 192 Å². The number of benzene rings is 1. The Morgan fingerprint density at radius 3 is 2.58 bits per heavy atom. The number of amides is 1. The molecule has 170 valence electrons. The summed E-state index contributed by atoms with van der Waals surface area (Å²) in [6.45, 7) is 2.35. The Bertz CT molecular complexity index is 1210. The monoisotopic (exact) mass is 444 g/mol. The normalized spacial score (nSPS) is 24.8. The van der Waals surface area contributed by atoms with E-state index in [4.69, 9.17) is 0 Å². The zero-order valence-electron chi connectivity index (χ0n) is 18.8. The summed E-state index contributed by atoms with van der Waals surface area (Å²) in [6, 6.07) is 16.7. The number of likely N-dealkylation sites (N-methyl/N-ethyl adjacent to an activating group) is 1. The highest BCUT2D eigenvalue weighted by molar-refractivity contribution is 5.83. The highest BCUT2D eigenvalue weighted by Crippen LogP contribution is 2.48. The number of rotatable bonds is 5. The predicted molar refractivity (Wildman–Crippen MR) is 125 cm³/mol. The van der Waals surface area contributed by atoms with Crippen molar-refractivity contribution < 1.29 is 9.90 Å². The summed E-state index contributed by atoms with van der Waals surface area (Å²) in [5.41, 5.74) is 3.36. The molecule has 0 bridgehead atoms. The Morgan fingerprint density at radius 2 is 1.88 bits per heavy atom. The number of hydrogen-bond acceptors (Lipinski definition) is 5. The van der Waals surface area contributed by atoms with Crippen molar-refractivity contribution in [2.24, 2.45) is 11.8 Å². The van der Waals surface area contributed by atoms with Crippen molar-refractivity contribution in [3.8, 4) is 11.1 Å². The van der Waals surface area contributed by atoms with Crippen molar-refractivity contribution in [1.82, 2.24) is 19.8 Å². The minimum Gasteiger partial charge on any atom is -0.396 e. The lowest BCUT2D eigenvalue weighted by Gasteiger charge is -2.28. The van der Waals surface area contributed by atoms with Crippen LogP contribution < -0.4 is 10.9 Å². The number of nitrogens with one attached hydrogen (secondary N) is 1. The van der Waals surface area contributed by atoms with Crippen LogP contribution in [-0.4, -0.2) is 45.2 Å². The van der Waals surface area contributed by atoms with E-state index in [1.807, 2.05) is 78.0 Å². The number of pyridine rings is 2. The molecule has 4 heterocycles. The number of carbonyl (C=O) groups is 1. The third-order valence-corrected chi connectivity index (χ3v) is 7.27. The van der Waals surface area contributed by atoms with Crippen LogP contribution >= 0.6 is 0 Å². The lowest BCUT2D eigenvalue weighted by molar-refractivity contribution is -0.127. The second-order valence-corrected chi connectivity index (χ2v) is 9.03. The number of fused-ring (bicyclic) bond motifs is 3. The largest absolute Gasteiger partial charge is 0.396 e. The van der Waals surface area contributed by atoms with E-state index in [1.165, 1.54) is 0 Å². The fourth-order valence-corrected chi connectivity index (χ4v) is 5.65. The molecular formula is C26H28N4O3. The molecule has 2 aliphatic heterocycles. The summed E-state index contributed by atoms with van der Waals surface area (Å²) in [5, 5.41) is 13.4. The highest BCUT2D eigenvalue weighted by atomic mass is 16.3. The molecular weight excluding hydrogens is 416 g/mol. The molecule has 1 amide bonds. The van der Waals surface area contributed by atoms with Gasteiger partial charge in [0.05, 0.1) is 18.1 Å². The number of hydrogen-bond donors (Lipinski definition) is 2. The molecule has 1 saturated heterocycles. The lowest BCUT2D eigenvalue weighted by Crippen LogP contribution is -2.47. The third kappa shape index (κ3) is 3.57.